The van der Waals surface area contributed by atoms with Crippen molar-refractivity contribution in [3.63, 3.8) is 0 Å². The number of aromatic nitrogens is 2. The highest BCUT2D eigenvalue weighted by Gasteiger charge is 2.22. The van der Waals surface area contributed by atoms with Crippen LogP contribution in [0.2, 0.25) is 0 Å². The predicted octanol–water partition coefficient (Wildman–Crippen LogP) is -0.941. The van der Waals surface area contributed by atoms with Gasteiger partial charge in [0.2, 0.25) is 11.8 Å². The van der Waals surface area contributed by atoms with Crippen molar-refractivity contribution in [1.29, 1.82) is 0 Å². The van der Waals surface area contributed by atoms with Crippen LogP contribution in [0.5, 0.6) is 0 Å². The Morgan fingerprint density at radius 2 is 2.47 bits per heavy atom. The third kappa shape index (κ3) is 3.04. The molecule has 2 amide bonds. The SMILES string of the molecule is NC(=O)Cn1cc(NC(=O)[C@@H]2CCCN2)cn1. The van der Waals surface area contributed by atoms with Gasteiger partial charge in [0.25, 0.3) is 0 Å². The molecule has 4 N–H and O–H groups in total. The summed E-state index contributed by atoms with van der Waals surface area (Å²) in [5, 5.41) is 9.76. The molecule has 1 atom stereocenters. The minimum absolute atomic E-state index is 0.0115. The second kappa shape index (κ2) is 4.96. The smallest absolute Gasteiger partial charge is 0.241 e. The van der Waals surface area contributed by atoms with Crippen molar-refractivity contribution in [3.8, 4) is 0 Å². The van der Waals surface area contributed by atoms with Gasteiger partial charge in [-0.05, 0) is 19.4 Å². The molecule has 1 saturated heterocycles. The monoisotopic (exact) mass is 237 g/mol. The Bertz CT molecular complexity index is 422. The number of hydrogen-bond acceptors (Lipinski definition) is 4. The van der Waals surface area contributed by atoms with Crippen molar-refractivity contribution < 1.29 is 9.59 Å². The summed E-state index contributed by atoms with van der Waals surface area (Å²) in [4.78, 5) is 22.4. The molecule has 0 radical (unpaired) electrons. The molecule has 7 nitrogen and oxygen atoms in total. The Balaban J connectivity index is 1.91. The minimum atomic E-state index is -0.469. The average Bonchev–Trinajstić information content (AvgIpc) is 2.87. The van der Waals surface area contributed by atoms with E-state index >= 15 is 0 Å². The van der Waals surface area contributed by atoms with Gasteiger partial charge >= 0.3 is 0 Å². The number of nitrogens with zero attached hydrogens (tertiary/aromatic N) is 2. The van der Waals surface area contributed by atoms with Crippen LogP contribution < -0.4 is 16.4 Å². The summed E-state index contributed by atoms with van der Waals surface area (Å²) in [6.45, 7) is 0.885. The molecular weight excluding hydrogens is 222 g/mol. The Morgan fingerprint density at radius 1 is 1.65 bits per heavy atom. The second-order valence-electron chi connectivity index (χ2n) is 4.03. The molecule has 17 heavy (non-hydrogen) atoms. The van der Waals surface area contributed by atoms with Gasteiger partial charge in [0, 0.05) is 6.20 Å². The topological polar surface area (TPSA) is 102 Å². The number of carbonyl (C=O) groups is 2. The highest BCUT2D eigenvalue weighted by atomic mass is 16.2. The molecule has 0 spiro atoms. The highest BCUT2D eigenvalue weighted by Crippen LogP contribution is 2.10. The molecule has 92 valence electrons. The Kier molecular flexibility index (Phi) is 3.38. The predicted molar refractivity (Wildman–Crippen MR) is 61.1 cm³/mol. The summed E-state index contributed by atoms with van der Waals surface area (Å²) < 4.78 is 1.39. The first-order valence-electron chi connectivity index (χ1n) is 5.50. The first-order chi connectivity index (χ1) is 8.15. The minimum Gasteiger partial charge on any atom is -0.368 e. The van der Waals surface area contributed by atoms with E-state index in [1.165, 1.54) is 10.9 Å². The van der Waals surface area contributed by atoms with Crippen LogP contribution in [0.25, 0.3) is 0 Å². The fourth-order valence-corrected chi connectivity index (χ4v) is 1.81. The van der Waals surface area contributed by atoms with Crippen molar-refractivity contribution in [1.82, 2.24) is 15.1 Å². The number of carbonyl (C=O) groups excluding carboxylic acids is 2. The van der Waals surface area contributed by atoms with Crippen LogP contribution in [0.1, 0.15) is 12.8 Å². The summed E-state index contributed by atoms with van der Waals surface area (Å²) in [6.07, 6.45) is 4.94. The van der Waals surface area contributed by atoms with Crippen LogP contribution in [0, 0.1) is 0 Å². The zero-order chi connectivity index (χ0) is 12.3. The van der Waals surface area contributed by atoms with E-state index in [-0.39, 0.29) is 18.5 Å². The van der Waals surface area contributed by atoms with E-state index in [0.29, 0.717) is 5.69 Å². The summed E-state index contributed by atoms with van der Waals surface area (Å²) in [7, 11) is 0. The lowest BCUT2D eigenvalue weighted by molar-refractivity contribution is -0.119. The van der Waals surface area contributed by atoms with Gasteiger partial charge in [-0.25, -0.2) is 0 Å². The fraction of sp³-hybridized carbons (Fsp3) is 0.500. The molecule has 1 aromatic rings. The van der Waals surface area contributed by atoms with Gasteiger partial charge in [0.15, 0.2) is 0 Å². The number of nitrogens with one attached hydrogen (secondary N) is 2. The zero-order valence-electron chi connectivity index (χ0n) is 9.35. The Labute approximate surface area is 98.4 Å². The van der Waals surface area contributed by atoms with E-state index in [1.807, 2.05) is 0 Å². The van der Waals surface area contributed by atoms with Crippen molar-refractivity contribution in [3.05, 3.63) is 12.4 Å². The number of anilines is 1. The molecule has 1 aliphatic heterocycles. The lowest BCUT2D eigenvalue weighted by Crippen LogP contribution is -2.35. The molecule has 1 fully saturated rings. The van der Waals surface area contributed by atoms with Crippen molar-refractivity contribution >= 4 is 17.5 Å². The average molecular weight is 237 g/mol. The summed E-state index contributed by atoms with van der Waals surface area (Å²) in [6, 6.07) is -0.130. The van der Waals surface area contributed by atoms with Crippen LogP contribution in [0.3, 0.4) is 0 Å². The van der Waals surface area contributed by atoms with Crippen LogP contribution in [-0.4, -0.2) is 34.2 Å². The van der Waals surface area contributed by atoms with Gasteiger partial charge in [0.1, 0.15) is 6.54 Å². The number of rotatable bonds is 4. The quantitative estimate of drug-likeness (QED) is 0.629. The first kappa shape index (κ1) is 11.6. The standard InChI is InChI=1S/C10H15N5O2/c11-9(16)6-15-5-7(4-13-15)14-10(17)8-2-1-3-12-8/h4-5,8,12H,1-3,6H2,(H2,11,16)(H,14,17)/t8-/m0/s1. The maximum atomic E-state index is 11.7. The van der Waals surface area contributed by atoms with Crippen LogP contribution >= 0.6 is 0 Å². The normalized spacial score (nSPS) is 19.2. The number of hydrogen-bond donors (Lipinski definition) is 3. The van der Waals surface area contributed by atoms with Crippen LogP contribution in [-0.2, 0) is 16.1 Å². The van der Waals surface area contributed by atoms with Crippen molar-refractivity contribution in [2.45, 2.75) is 25.4 Å². The van der Waals surface area contributed by atoms with Gasteiger partial charge in [-0.15, -0.1) is 0 Å². The molecular formula is C10H15N5O2. The fourth-order valence-electron chi connectivity index (χ4n) is 1.81. The molecule has 0 unspecified atom stereocenters. The molecule has 0 aliphatic carbocycles. The lowest BCUT2D eigenvalue weighted by Gasteiger charge is -2.08. The largest absolute Gasteiger partial charge is 0.368 e. The molecule has 2 heterocycles. The van der Waals surface area contributed by atoms with Gasteiger partial charge in [-0.2, -0.15) is 5.10 Å². The summed E-state index contributed by atoms with van der Waals surface area (Å²) in [5.74, 6) is -0.537. The summed E-state index contributed by atoms with van der Waals surface area (Å²) in [5.41, 5.74) is 5.61. The van der Waals surface area contributed by atoms with Gasteiger partial charge in [0.05, 0.1) is 17.9 Å². The third-order valence-electron chi connectivity index (χ3n) is 2.60. The van der Waals surface area contributed by atoms with Crippen molar-refractivity contribution in [2.24, 2.45) is 5.73 Å². The number of nitrogens with two attached hydrogens (primary N) is 1. The number of amides is 2. The van der Waals surface area contributed by atoms with E-state index in [2.05, 4.69) is 15.7 Å². The zero-order valence-corrected chi connectivity index (χ0v) is 9.35. The van der Waals surface area contributed by atoms with E-state index in [4.69, 9.17) is 5.73 Å². The van der Waals surface area contributed by atoms with Crippen LogP contribution in [0.15, 0.2) is 12.4 Å². The second-order valence-corrected chi connectivity index (χ2v) is 4.03. The molecule has 2 rings (SSSR count). The van der Waals surface area contributed by atoms with E-state index in [0.717, 1.165) is 19.4 Å². The lowest BCUT2D eigenvalue weighted by atomic mass is 10.2. The molecule has 0 bridgehead atoms. The Hall–Kier alpha value is -1.89. The molecule has 1 aromatic heterocycles. The van der Waals surface area contributed by atoms with E-state index < -0.39 is 5.91 Å². The first-order valence-corrected chi connectivity index (χ1v) is 5.50. The van der Waals surface area contributed by atoms with Crippen LogP contribution in [0.4, 0.5) is 5.69 Å². The summed E-state index contributed by atoms with van der Waals surface area (Å²) >= 11 is 0. The van der Waals surface area contributed by atoms with Gasteiger partial charge < -0.3 is 16.4 Å². The number of primary amides is 1. The van der Waals surface area contributed by atoms with Gasteiger partial charge in [-0.1, -0.05) is 0 Å². The maximum Gasteiger partial charge on any atom is 0.241 e. The molecule has 0 aromatic carbocycles. The van der Waals surface area contributed by atoms with Gasteiger partial charge in [-0.3, -0.25) is 14.3 Å². The van der Waals surface area contributed by atoms with Crippen molar-refractivity contribution in [2.75, 3.05) is 11.9 Å². The Morgan fingerprint density at radius 3 is 3.12 bits per heavy atom. The van der Waals surface area contributed by atoms with E-state index in [1.54, 1.807) is 6.20 Å². The molecule has 0 saturated carbocycles. The van der Waals surface area contributed by atoms with E-state index in [9.17, 15) is 9.59 Å². The third-order valence-corrected chi connectivity index (χ3v) is 2.60. The molecule has 7 heteroatoms. The highest BCUT2D eigenvalue weighted by molar-refractivity contribution is 5.94. The molecule has 1 aliphatic rings. The maximum absolute atomic E-state index is 11.7.